The predicted molar refractivity (Wildman–Crippen MR) is 68.6 cm³/mol. The molecule has 0 amide bonds. The summed E-state index contributed by atoms with van der Waals surface area (Å²) >= 11 is 0. The third kappa shape index (κ3) is 4.00. The standard InChI is InChI=1S/C14H22FNO/c1-10(16(5)9-14(2,3)4)12-7-6-11(17)8-13(12)15/h6-8,10,17H,9H2,1-5H3. The molecule has 0 heterocycles. The molecule has 0 aromatic heterocycles. The van der Waals surface area contributed by atoms with Crippen LogP contribution in [0.5, 0.6) is 5.75 Å². The van der Waals surface area contributed by atoms with E-state index in [0.29, 0.717) is 5.56 Å². The van der Waals surface area contributed by atoms with Crippen LogP contribution >= 0.6 is 0 Å². The zero-order valence-electron chi connectivity index (χ0n) is 11.3. The number of hydrogen-bond acceptors (Lipinski definition) is 2. The minimum Gasteiger partial charge on any atom is -0.508 e. The molecule has 1 unspecified atom stereocenters. The van der Waals surface area contributed by atoms with Crippen molar-refractivity contribution >= 4 is 0 Å². The van der Waals surface area contributed by atoms with E-state index in [1.807, 2.05) is 14.0 Å². The van der Waals surface area contributed by atoms with E-state index < -0.39 is 0 Å². The Balaban J connectivity index is 2.85. The Labute approximate surface area is 103 Å². The van der Waals surface area contributed by atoms with E-state index in [-0.39, 0.29) is 23.0 Å². The van der Waals surface area contributed by atoms with Gasteiger partial charge in [0.25, 0.3) is 0 Å². The zero-order chi connectivity index (χ0) is 13.2. The van der Waals surface area contributed by atoms with Gasteiger partial charge in [0.15, 0.2) is 0 Å². The lowest BCUT2D eigenvalue weighted by atomic mass is 9.94. The average molecular weight is 239 g/mol. The Hall–Kier alpha value is -1.09. The second-order valence-corrected chi connectivity index (χ2v) is 5.86. The summed E-state index contributed by atoms with van der Waals surface area (Å²) < 4.78 is 13.7. The van der Waals surface area contributed by atoms with Crippen molar-refractivity contribution < 1.29 is 9.50 Å². The number of hydrogen-bond donors (Lipinski definition) is 1. The lowest BCUT2D eigenvalue weighted by molar-refractivity contribution is 0.179. The van der Waals surface area contributed by atoms with Crippen LogP contribution < -0.4 is 0 Å². The minimum atomic E-state index is -0.349. The molecule has 2 nitrogen and oxygen atoms in total. The second-order valence-electron chi connectivity index (χ2n) is 5.86. The number of aromatic hydroxyl groups is 1. The van der Waals surface area contributed by atoms with Gasteiger partial charge in [0.05, 0.1) is 0 Å². The fraction of sp³-hybridized carbons (Fsp3) is 0.571. The van der Waals surface area contributed by atoms with Crippen LogP contribution in [0, 0.1) is 11.2 Å². The van der Waals surface area contributed by atoms with Crippen molar-refractivity contribution in [2.45, 2.75) is 33.7 Å². The molecule has 1 N–H and O–H groups in total. The lowest BCUT2D eigenvalue weighted by Crippen LogP contribution is -2.31. The fourth-order valence-electron chi connectivity index (χ4n) is 1.98. The topological polar surface area (TPSA) is 23.5 Å². The molecule has 0 spiro atoms. The summed E-state index contributed by atoms with van der Waals surface area (Å²) in [6, 6.07) is 4.33. The van der Waals surface area contributed by atoms with Crippen LogP contribution in [0.1, 0.15) is 39.3 Å². The Morgan fingerprint density at radius 2 is 1.94 bits per heavy atom. The van der Waals surface area contributed by atoms with E-state index in [1.54, 1.807) is 6.07 Å². The second kappa shape index (κ2) is 5.05. The van der Waals surface area contributed by atoms with Crippen LogP contribution in [-0.4, -0.2) is 23.6 Å². The molecule has 0 bridgehead atoms. The summed E-state index contributed by atoms with van der Waals surface area (Å²) in [7, 11) is 1.99. The molecule has 0 aliphatic carbocycles. The molecular formula is C14H22FNO. The van der Waals surface area contributed by atoms with E-state index in [0.717, 1.165) is 12.6 Å². The third-order valence-electron chi connectivity index (χ3n) is 2.82. The molecule has 1 aromatic carbocycles. The first-order chi connectivity index (χ1) is 7.70. The molecule has 1 atom stereocenters. The van der Waals surface area contributed by atoms with E-state index >= 15 is 0 Å². The molecule has 0 fully saturated rings. The number of rotatable bonds is 3. The fourth-order valence-corrected chi connectivity index (χ4v) is 1.98. The maximum atomic E-state index is 13.7. The summed E-state index contributed by atoms with van der Waals surface area (Å²) in [6.45, 7) is 9.33. The van der Waals surface area contributed by atoms with Crippen LogP contribution in [0.15, 0.2) is 18.2 Å². The highest BCUT2D eigenvalue weighted by Crippen LogP contribution is 2.27. The summed E-state index contributed by atoms with van der Waals surface area (Å²) in [6.07, 6.45) is 0. The van der Waals surface area contributed by atoms with Gasteiger partial charge in [0.2, 0.25) is 0 Å². The number of nitrogens with zero attached hydrogens (tertiary/aromatic N) is 1. The molecule has 0 aliphatic heterocycles. The number of phenols is 1. The molecule has 3 heteroatoms. The normalized spacial score (nSPS) is 14.1. The number of phenolic OH excluding ortho intramolecular Hbond substituents is 1. The molecule has 1 aromatic rings. The molecule has 0 aliphatic rings. The van der Waals surface area contributed by atoms with Crippen LogP contribution in [0.3, 0.4) is 0 Å². The first kappa shape index (κ1) is 14.0. The number of halogens is 1. The summed E-state index contributed by atoms with van der Waals surface area (Å²) in [5, 5.41) is 9.19. The van der Waals surface area contributed by atoms with Gasteiger partial charge >= 0.3 is 0 Å². The van der Waals surface area contributed by atoms with Crippen molar-refractivity contribution in [3.8, 4) is 5.75 Å². The van der Waals surface area contributed by atoms with Crippen molar-refractivity contribution in [2.75, 3.05) is 13.6 Å². The summed E-state index contributed by atoms with van der Waals surface area (Å²) in [5.41, 5.74) is 0.797. The van der Waals surface area contributed by atoms with Crippen LogP contribution in [0.25, 0.3) is 0 Å². The van der Waals surface area contributed by atoms with E-state index in [2.05, 4.69) is 25.7 Å². The third-order valence-corrected chi connectivity index (χ3v) is 2.82. The monoisotopic (exact) mass is 239 g/mol. The van der Waals surface area contributed by atoms with Gasteiger partial charge in [-0.3, -0.25) is 4.90 Å². The van der Waals surface area contributed by atoms with Crippen molar-refractivity contribution in [3.63, 3.8) is 0 Å². The summed E-state index contributed by atoms with van der Waals surface area (Å²) in [4.78, 5) is 2.12. The quantitative estimate of drug-likeness (QED) is 0.871. The van der Waals surface area contributed by atoms with Crippen molar-refractivity contribution in [3.05, 3.63) is 29.6 Å². The lowest BCUT2D eigenvalue weighted by Gasteiger charge is -2.31. The first-order valence-electron chi connectivity index (χ1n) is 5.89. The highest BCUT2D eigenvalue weighted by Gasteiger charge is 2.20. The van der Waals surface area contributed by atoms with Gasteiger partial charge in [0, 0.05) is 24.2 Å². The first-order valence-corrected chi connectivity index (χ1v) is 5.89. The summed E-state index contributed by atoms with van der Waals surface area (Å²) in [5.74, 6) is -0.379. The molecule has 17 heavy (non-hydrogen) atoms. The Bertz CT molecular complexity index is 384. The van der Waals surface area contributed by atoms with Crippen molar-refractivity contribution in [1.29, 1.82) is 0 Å². The van der Waals surface area contributed by atoms with E-state index in [1.165, 1.54) is 6.07 Å². The molecule has 0 radical (unpaired) electrons. The largest absolute Gasteiger partial charge is 0.508 e. The van der Waals surface area contributed by atoms with Gasteiger partial charge < -0.3 is 5.11 Å². The minimum absolute atomic E-state index is 0.00479. The highest BCUT2D eigenvalue weighted by atomic mass is 19.1. The maximum absolute atomic E-state index is 13.7. The Morgan fingerprint density at radius 3 is 2.41 bits per heavy atom. The van der Waals surface area contributed by atoms with Gasteiger partial charge in [0.1, 0.15) is 11.6 Å². The number of benzene rings is 1. The SMILES string of the molecule is CC(c1ccc(O)cc1F)N(C)CC(C)(C)C. The molecule has 0 saturated heterocycles. The van der Waals surface area contributed by atoms with Crippen LogP contribution in [0.4, 0.5) is 4.39 Å². The Kier molecular flexibility index (Phi) is 4.15. The maximum Gasteiger partial charge on any atom is 0.131 e. The van der Waals surface area contributed by atoms with E-state index in [4.69, 9.17) is 0 Å². The van der Waals surface area contributed by atoms with Gasteiger partial charge in [-0.25, -0.2) is 4.39 Å². The van der Waals surface area contributed by atoms with E-state index in [9.17, 15) is 9.50 Å². The molecule has 0 saturated carbocycles. The predicted octanol–water partition coefficient (Wildman–Crippen LogP) is 3.57. The molecule has 96 valence electrons. The van der Waals surface area contributed by atoms with Gasteiger partial charge in [-0.2, -0.15) is 0 Å². The average Bonchev–Trinajstić information content (AvgIpc) is 2.14. The van der Waals surface area contributed by atoms with Gasteiger partial charge in [-0.05, 0) is 25.5 Å². The molecule has 1 rings (SSSR count). The van der Waals surface area contributed by atoms with Crippen molar-refractivity contribution in [1.82, 2.24) is 4.90 Å². The highest BCUT2D eigenvalue weighted by molar-refractivity contribution is 5.29. The van der Waals surface area contributed by atoms with Crippen molar-refractivity contribution in [2.24, 2.45) is 5.41 Å². The van der Waals surface area contributed by atoms with Crippen LogP contribution in [0.2, 0.25) is 0 Å². The van der Waals surface area contributed by atoms with Gasteiger partial charge in [-0.1, -0.05) is 26.8 Å². The van der Waals surface area contributed by atoms with Gasteiger partial charge in [-0.15, -0.1) is 0 Å². The van der Waals surface area contributed by atoms with Crippen LogP contribution in [-0.2, 0) is 0 Å². The zero-order valence-corrected chi connectivity index (χ0v) is 11.3. The molecular weight excluding hydrogens is 217 g/mol. The smallest absolute Gasteiger partial charge is 0.131 e. The Morgan fingerprint density at radius 1 is 1.35 bits per heavy atom.